The Morgan fingerprint density at radius 2 is 1.67 bits per heavy atom. The second-order valence-electron chi connectivity index (χ2n) is 2.61. The number of hydrogen-bond acceptors (Lipinski definition) is 1. The summed E-state index contributed by atoms with van der Waals surface area (Å²) in [5, 5.41) is 0. The number of aromatic nitrogens is 1. The van der Waals surface area contributed by atoms with E-state index in [4.69, 9.17) is 5.73 Å². The van der Waals surface area contributed by atoms with Crippen LogP contribution >= 0.6 is 0 Å². The molecule has 2 N–H and O–H groups in total. The highest BCUT2D eigenvalue weighted by molar-refractivity contribution is 4.83. The van der Waals surface area contributed by atoms with E-state index in [0.29, 0.717) is 0 Å². The van der Waals surface area contributed by atoms with Gasteiger partial charge >= 0.3 is 0 Å². The number of aryl methyl sites for hydroxylation is 1. The predicted molar refractivity (Wildman–Crippen MR) is 44.9 cm³/mol. The van der Waals surface area contributed by atoms with E-state index in [-0.39, 0.29) is 12.4 Å². The van der Waals surface area contributed by atoms with Crippen molar-refractivity contribution < 1.29 is 17.0 Å². The Labute approximate surface area is 79.8 Å². The fourth-order valence-electron chi connectivity index (χ4n) is 1.02. The number of nitrogens with zero attached hydrogens (tertiary/aromatic N) is 1. The first kappa shape index (κ1) is 11.4. The van der Waals surface area contributed by atoms with Crippen LogP contribution in [0.5, 0.6) is 0 Å². The van der Waals surface area contributed by atoms with E-state index in [1.54, 1.807) is 0 Å². The molecular formula is C9H15ClN2. The summed E-state index contributed by atoms with van der Waals surface area (Å²) in [6, 6.07) is 6.12. The van der Waals surface area contributed by atoms with Gasteiger partial charge in [0.1, 0.15) is 6.54 Å². The molecule has 1 aromatic rings. The van der Waals surface area contributed by atoms with Gasteiger partial charge in [-0.25, -0.2) is 4.57 Å². The minimum absolute atomic E-state index is 0. The minimum atomic E-state index is 0. The second kappa shape index (κ2) is 7.07. The van der Waals surface area contributed by atoms with Crippen molar-refractivity contribution in [3.8, 4) is 0 Å². The van der Waals surface area contributed by atoms with Crippen LogP contribution in [0.3, 0.4) is 0 Å². The molecule has 2 nitrogen and oxygen atoms in total. The lowest BCUT2D eigenvalue weighted by molar-refractivity contribution is -0.697. The maximum atomic E-state index is 5.38. The molecule has 0 saturated carbocycles. The molecular weight excluding hydrogens is 172 g/mol. The quantitative estimate of drug-likeness (QED) is 0.417. The fourth-order valence-corrected chi connectivity index (χ4v) is 1.02. The Morgan fingerprint density at radius 1 is 1.00 bits per heavy atom. The molecule has 0 aliphatic heterocycles. The molecule has 68 valence electrons. The van der Waals surface area contributed by atoms with Crippen molar-refractivity contribution in [1.29, 1.82) is 0 Å². The standard InChI is InChI=1S/C9H15N2.ClH/c10-6-2-5-9-11-7-3-1-4-8-11;/h1,3-4,7-8H,2,5-6,9-10H2;1H/q+1;/p-1. The van der Waals surface area contributed by atoms with Gasteiger partial charge in [0.2, 0.25) is 0 Å². The summed E-state index contributed by atoms with van der Waals surface area (Å²) >= 11 is 0. The molecule has 0 fully saturated rings. The first-order valence-corrected chi connectivity index (χ1v) is 4.07. The molecule has 0 atom stereocenters. The van der Waals surface area contributed by atoms with Gasteiger partial charge in [0.05, 0.1) is 0 Å². The Morgan fingerprint density at radius 3 is 2.25 bits per heavy atom. The molecule has 0 aliphatic carbocycles. The Bertz CT molecular complexity index is 189. The molecule has 3 heteroatoms. The third kappa shape index (κ3) is 4.31. The first-order chi connectivity index (χ1) is 5.43. The molecule has 0 spiro atoms. The van der Waals surface area contributed by atoms with E-state index in [9.17, 15) is 0 Å². The molecule has 0 radical (unpaired) electrons. The molecule has 12 heavy (non-hydrogen) atoms. The Kier molecular flexibility index (Phi) is 6.72. The molecule has 1 rings (SSSR count). The second-order valence-corrected chi connectivity index (χ2v) is 2.61. The summed E-state index contributed by atoms with van der Waals surface area (Å²) in [5.41, 5.74) is 5.38. The van der Waals surface area contributed by atoms with Crippen molar-refractivity contribution in [3.63, 3.8) is 0 Å². The van der Waals surface area contributed by atoms with Crippen LogP contribution in [-0.4, -0.2) is 6.54 Å². The van der Waals surface area contributed by atoms with E-state index < -0.39 is 0 Å². The van der Waals surface area contributed by atoms with Gasteiger partial charge in [-0.2, -0.15) is 0 Å². The molecule has 0 unspecified atom stereocenters. The molecule has 0 bridgehead atoms. The summed E-state index contributed by atoms with van der Waals surface area (Å²) < 4.78 is 2.18. The van der Waals surface area contributed by atoms with Crippen molar-refractivity contribution in [3.05, 3.63) is 30.6 Å². The lowest BCUT2D eigenvalue weighted by atomic mass is 10.3. The van der Waals surface area contributed by atoms with Crippen molar-refractivity contribution in [2.75, 3.05) is 6.54 Å². The molecule has 0 aromatic carbocycles. The zero-order valence-electron chi connectivity index (χ0n) is 7.12. The van der Waals surface area contributed by atoms with Gasteiger partial charge in [-0.1, -0.05) is 6.07 Å². The van der Waals surface area contributed by atoms with Gasteiger partial charge in [0.15, 0.2) is 12.4 Å². The third-order valence-electron chi connectivity index (χ3n) is 1.65. The summed E-state index contributed by atoms with van der Waals surface area (Å²) in [4.78, 5) is 0. The highest BCUT2D eigenvalue weighted by Gasteiger charge is 1.94. The van der Waals surface area contributed by atoms with Gasteiger partial charge in [0.25, 0.3) is 0 Å². The molecule has 1 aromatic heterocycles. The van der Waals surface area contributed by atoms with E-state index in [1.165, 1.54) is 6.42 Å². The van der Waals surface area contributed by atoms with E-state index in [0.717, 1.165) is 19.5 Å². The number of pyridine rings is 1. The first-order valence-electron chi connectivity index (χ1n) is 4.07. The number of halogens is 1. The maximum Gasteiger partial charge on any atom is 0.168 e. The smallest absolute Gasteiger partial charge is 0.168 e. The van der Waals surface area contributed by atoms with Crippen LogP contribution in [0.4, 0.5) is 0 Å². The Balaban J connectivity index is 0.00000121. The summed E-state index contributed by atoms with van der Waals surface area (Å²) in [5.74, 6) is 0. The number of rotatable bonds is 4. The van der Waals surface area contributed by atoms with Crippen molar-refractivity contribution >= 4 is 0 Å². The van der Waals surface area contributed by atoms with Gasteiger partial charge < -0.3 is 18.1 Å². The van der Waals surface area contributed by atoms with Crippen molar-refractivity contribution in [2.45, 2.75) is 19.4 Å². The number of hydrogen-bond donors (Lipinski definition) is 1. The highest BCUT2D eigenvalue weighted by Crippen LogP contribution is 1.85. The van der Waals surface area contributed by atoms with Gasteiger partial charge in [-0.05, 0) is 13.0 Å². The average Bonchev–Trinajstić information content (AvgIpc) is 2.07. The Hall–Kier alpha value is -0.600. The molecule has 0 aliphatic rings. The van der Waals surface area contributed by atoms with E-state index in [1.807, 2.05) is 18.2 Å². The lowest BCUT2D eigenvalue weighted by Crippen LogP contribution is -3.00. The molecule has 0 amide bonds. The summed E-state index contributed by atoms with van der Waals surface area (Å²) in [7, 11) is 0. The zero-order valence-corrected chi connectivity index (χ0v) is 7.87. The third-order valence-corrected chi connectivity index (χ3v) is 1.65. The fraction of sp³-hybridized carbons (Fsp3) is 0.444. The van der Waals surface area contributed by atoms with Crippen LogP contribution in [-0.2, 0) is 6.54 Å². The predicted octanol–water partition coefficient (Wildman–Crippen LogP) is -2.28. The van der Waals surface area contributed by atoms with Crippen LogP contribution in [0.15, 0.2) is 30.6 Å². The summed E-state index contributed by atoms with van der Waals surface area (Å²) in [6.07, 6.45) is 6.44. The van der Waals surface area contributed by atoms with Gasteiger partial charge in [-0.15, -0.1) is 0 Å². The topological polar surface area (TPSA) is 29.9 Å². The zero-order chi connectivity index (χ0) is 7.94. The van der Waals surface area contributed by atoms with Crippen molar-refractivity contribution in [2.24, 2.45) is 5.73 Å². The largest absolute Gasteiger partial charge is 1.00 e. The van der Waals surface area contributed by atoms with Crippen LogP contribution in [0, 0.1) is 0 Å². The van der Waals surface area contributed by atoms with Crippen LogP contribution in [0.1, 0.15) is 12.8 Å². The van der Waals surface area contributed by atoms with E-state index in [2.05, 4.69) is 17.0 Å². The van der Waals surface area contributed by atoms with E-state index >= 15 is 0 Å². The van der Waals surface area contributed by atoms with Crippen LogP contribution in [0.25, 0.3) is 0 Å². The molecule has 0 saturated heterocycles. The highest BCUT2D eigenvalue weighted by atomic mass is 35.5. The lowest BCUT2D eigenvalue weighted by Gasteiger charge is -1.93. The van der Waals surface area contributed by atoms with Crippen molar-refractivity contribution in [1.82, 2.24) is 0 Å². The minimum Gasteiger partial charge on any atom is -1.00 e. The number of unbranched alkanes of at least 4 members (excludes halogenated alkanes) is 1. The average molecular weight is 187 g/mol. The van der Waals surface area contributed by atoms with Gasteiger partial charge in [0, 0.05) is 18.6 Å². The molecule has 1 heterocycles. The van der Waals surface area contributed by atoms with Crippen LogP contribution < -0.4 is 22.7 Å². The van der Waals surface area contributed by atoms with Gasteiger partial charge in [-0.3, -0.25) is 0 Å². The van der Waals surface area contributed by atoms with Crippen LogP contribution in [0.2, 0.25) is 0 Å². The SMILES string of the molecule is NCCCC[n+]1ccccc1.[Cl-]. The normalized spacial score (nSPS) is 9.08. The number of nitrogens with two attached hydrogens (primary N) is 1. The monoisotopic (exact) mass is 186 g/mol. The summed E-state index contributed by atoms with van der Waals surface area (Å²) in [6.45, 7) is 1.88. The maximum absolute atomic E-state index is 5.38.